The predicted octanol–water partition coefficient (Wildman–Crippen LogP) is 2.00. The molecule has 0 aliphatic heterocycles. The second-order valence-electron chi connectivity index (χ2n) is 4.41. The number of nitrogens with one attached hydrogen (secondary N) is 1. The first-order chi connectivity index (χ1) is 8.34. The van der Waals surface area contributed by atoms with Gasteiger partial charge in [-0.05, 0) is 37.0 Å². The number of aryl methyl sites for hydroxylation is 1. The predicted molar refractivity (Wildman–Crippen MR) is 64.0 cm³/mol. The first-order valence-electron chi connectivity index (χ1n) is 6.18. The highest BCUT2D eigenvalue weighted by Crippen LogP contribution is 2.19. The smallest absolute Gasteiger partial charge is 0.243 e. The molecule has 0 aromatic carbocycles. The number of nitrogens with zero attached hydrogens (tertiary/aromatic N) is 1. The number of amides is 1. The molecule has 0 saturated heterocycles. The van der Waals surface area contributed by atoms with Crippen LogP contribution in [-0.4, -0.2) is 17.0 Å². The van der Waals surface area contributed by atoms with Crippen molar-refractivity contribution in [3.63, 3.8) is 0 Å². The minimum Gasteiger partial charge on any atom is -0.273 e. The van der Waals surface area contributed by atoms with E-state index in [4.69, 9.17) is 4.84 Å². The van der Waals surface area contributed by atoms with E-state index in [0.717, 1.165) is 24.8 Å². The van der Waals surface area contributed by atoms with Gasteiger partial charge in [0.1, 0.15) is 0 Å². The molecule has 1 aromatic rings. The molecule has 1 N–H and O–H groups in total. The Morgan fingerprint density at radius 2 is 2.06 bits per heavy atom. The van der Waals surface area contributed by atoms with Crippen LogP contribution in [-0.2, 0) is 16.1 Å². The van der Waals surface area contributed by atoms with Gasteiger partial charge in [-0.25, -0.2) is 5.48 Å². The summed E-state index contributed by atoms with van der Waals surface area (Å²) in [4.78, 5) is 20.8. The van der Waals surface area contributed by atoms with Gasteiger partial charge in [0.05, 0.1) is 6.10 Å². The van der Waals surface area contributed by atoms with Gasteiger partial charge in [0.25, 0.3) is 0 Å². The van der Waals surface area contributed by atoms with Gasteiger partial charge in [-0.15, -0.1) is 0 Å². The van der Waals surface area contributed by atoms with Gasteiger partial charge in [-0.1, -0.05) is 12.8 Å². The molecule has 0 bridgehead atoms. The van der Waals surface area contributed by atoms with Crippen molar-refractivity contribution in [1.29, 1.82) is 0 Å². The van der Waals surface area contributed by atoms with E-state index in [0.29, 0.717) is 6.42 Å². The van der Waals surface area contributed by atoms with Gasteiger partial charge < -0.3 is 0 Å². The van der Waals surface area contributed by atoms with Crippen LogP contribution in [0.3, 0.4) is 0 Å². The Labute approximate surface area is 101 Å². The number of hydrogen-bond donors (Lipinski definition) is 1. The van der Waals surface area contributed by atoms with Gasteiger partial charge >= 0.3 is 0 Å². The lowest BCUT2D eigenvalue weighted by Crippen LogP contribution is -2.28. The Bertz CT molecular complexity index is 348. The first kappa shape index (κ1) is 12.0. The van der Waals surface area contributed by atoms with Gasteiger partial charge in [0.15, 0.2) is 0 Å². The molecule has 0 radical (unpaired) electrons. The second kappa shape index (κ2) is 6.35. The summed E-state index contributed by atoms with van der Waals surface area (Å²) in [5.41, 5.74) is 3.66. The second-order valence-corrected chi connectivity index (χ2v) is 4.41. The van der Waals surface area contributed by atoms with Crippen molar-refractivity contribution in [2.45, 2.75) is 44.6 Å². The van der Waals surface area contributed by atoms with Crippen LogP contribution in [0.25, 0.3) is 0 Å². The fourth-order valence-corrected chi connectivity index (χ4v) is 2.01. The third-order valence-electron chi connectivity index (χ3n) is 3.03. The van der Waals surface area contributed by atoms with Crippen LogP contribution in [0.15, 0.2) is 24.5 Å². The molecule has 1 aromatic heterocycles. The van der Waals surface area contributed by atoms with E-state index < -0.39 is 0 Å². The molecule has 1 heterocycles. The summed E-state index contributed by atoms with van der Waals surface area (Å²) in [5.74, 6) is -0.0475. The lowest BCUT2D eigenvalue weighted by Gasteiger charge is -2.11. The molecule has 17 heavy (non-hydrogen) atoms. The quantitative estimate of drug-likeness (QED) is 0.793. The van der Waals surface area contributed by atoms with Gasteiger partial charge in [-0.2, -0.15) is 0 Å². The van der Waals surface area contributed by atoms with Crippen LogP contribution in [0.2, 0.25) is 0 Å². The zero-order chi connectivity index (χ0) is 11.9. The lowest BCUT2D eigenvalue weighted by atomic mass is 10.1. The molecule has 2 rings (SSSR count). The van der Waals surface area contributed by atoms with Crippen molar-refractivity contribution in [1.82, 2.24) is 10.5 Å². The lowest BCUT2D eigenvalue weighted by molar-refractivity contribution is -0.138. The highest BCUT2D eigenvalue weighted by atomic mass is 16.7. The monoisotopic (exact) mass is 234 g/mol. The summed E-state index contributed by atoms with van der Waals surface area (Å²) in [5, 5.41) is 0. The third-order valence-corrected chi connectivity index (χ3v) is 3.03. The van der Waals surface area contributed by atoms with Crippen molar-refractivity contribution in [3.8, 4) is 0 Å². The number of rotatable bonds is 5. The maximum Gasteiger partial charge on any atom is 0.243 e. The number of aromatic nitrogens is 1. The highest BCUT2D eigenvalue weighted by molar-refractivity contribution is 5.75. The number of carbonyl (C=O) groups excluding carboxylic acids is 1. The van der Waals surface area contributed by atoms with Crippen molar-refractivity contribution in [3.05, 3.63) is 30.1 Å². The molecule has 92 valence electrons. The van der Waals surface area contributed by atoms with E-state index in [1.165, 1.54) is 12.8 Å². The summed E-state index contributed by atoms with van der Waals surface area (Å²) in [6, 6.07) is 3.84. The molecule has 1 aliphatic rings. The molecule has 0 atom stereocenters. The van der Waals surface area contributed by atoms with Crippen LogP contribution >= 0.6 is 0 Å². The molecule has 0 unspecified atom stereocenters. The molecule has 1 amide bonds. The molecule has 4 nitrogen and oxygen atoms in total. The molecule has 1 aliphatic carbocycles. The average Bonchev–Trinajstić information content (AvgIpc) is 2.88. The fraction of sp³-hybridized carbons (Fsp3) is 0.538. The number of carbonyl (C=O) groups is 1. The van der Waals surface area contributed by atoms with Gasteiger partial charge in [-0.3, -0.25) is 14.6 Å². The minimum absolute atomic E-state index is 0.0475. The summed E-state index contributed by atoms with van der Waals surface area (Å²) < 4.78 is 0. The Morgan fingerprint density at radius 1 is 1.35 bits per heavy atom. The topological polar surface area (TPSA) is 51.2 Å². The van der Waals surface area contributed by atoms with E-state index in [1.54, 1.807) is 12.4 Å². The number of hydroxylamine groups is 1. The molecule has 0 spiro atoms. The summed E-state index contributed by atoms with van der Waals surface area (Å²) in [7, 11) is 0. The average molecular weight is 234 g/mol. The van der Waals surface area contributed by atoms with Crippen molar-refractivity contribution in [2.75, 3.05) is 0 Å². The number of hydrogen-bond acceptors (Lipinski definition) is 3. The van der Waals surface area contributed by atoms with Gasteiger partial charge in [0, 0.05) is 18.8 Å². The molecule has 4 heteroatoms. The Morgan fingerprint density at radius 3 is 2.76 bits per heavy atom. The van der Waals surface area contributed by atoms with Crippen LogP contribution in [0.5, 0.6) is 0 Å². The molecule has 1 fully saturated rings. The largest absolute Gasteiger partial charge is 0.273 e. The van der Waals surface area contributed by atoms with E-state index >= 15 is 0 Å². The van der Waals surface area contributed by atoms with Crippen LogP contribution in [0.4, 0.5) is 0 Å². The minimum atomic E-state index is -0.0475. The molecular weight excluding hydrogens is 216 g/mol. The van der Waals surface area contributed by atoms with E-state index in [-0.39, 0.29) is 12.0 Å². The standard InChI is InChI=1S/C13H18N2O2/c16-13(15-17-12-3-1-2-4-12)6-5-11-7-9-14-10-8-11/h7-10,12H,1-6H2,(H,15,16). The SMILES string of the molecule is O=C(CCc1ccncc1)NOC1CCCC1. The summed E-state index contributed by atoms with van der Waals surface area (Å²) in [6.07, 6.45) is 9.41. The van der Waals surface area contributed by atoms with E-state index in [2.05, 4.69) is 10.5 Å². The van der Waals surface area contributed by atoms with Gasteiger partial charge in [0.2, 0.25) is 5.91 Å². The fourth-order valence-electron chi connectivity index (χ4n) is 2.01. The van der Waals surface area contributed by atoms with E-state index in [1.807, 2.05) is 12.1 Å². The van der Waals surface area contributed by atoms with Crippen molar-refractivity contribution < 1.29 is 9.63 Å². The Hall–Kier alpha value is -1.42. The van der Waals surface area contributed by atoms with E-state index in [9.17, 15) is 4.79 Å². The number of pyridine rings is 1. The maximum absolute atomic E-state index is 11.5. The normalized spacial score (nSPS) is 16.0. The first-order valence-corrected chi connectivity index (χ1v) is 6.18. The Balaban J connectivity index is 1.64. The molecule has 1 saturated carbocycles. The Kier molecular flexibility index (Phi) is 4.50. The molecular formula is C13H18N2O2. The summed E-state index contributed by atoms with van der Waals surface area (Å²) >= 11 is 0. The third kappa shape index (κ3) is 4.15. The van der Waals surface area contributed by atoms with Crippen molar-refractivity contribution >= 4 is 5.91 Å². The maximum atomic E-state index is 11.5. The zero-order valence-electron chi connectivity index (χ0n) is 9.89. The van der Waals surface area contributed by atoms with Crippen LogP contribution in [0.1, 0.15) is 37.7 Å². The summed E-state index contributed by atoms with van der Waals surface area (Å²) in [6.45, 7) is 0. The van der Waals surface area contributed by atoms with Crippen molar-refractivity contribution in [2.24, 2.45) is 0 Å². The highest BCUT2D eigenvalue weighted by Gasteiger charge is 2.16. The van der Waals surface area contributed by atoms with Crippen LogP contribution in [0, 0.1) is 0 Å². The zero-order valence-corrected chi connectivity index (χ0v) is 9.89. The van der Waals surface area contributed by atoms with Crippen LogP contribution < -0.4 is 5.48 Å².